The van der Waals surface area contributed by atoms with Crippen LogP contribution >= 0.6 is 0 Å². The number of carbonyl (C=O) groups is 2. The van der Waals surface area contributed by atoms with Gasteiger partial charge < -0.3 is 9.84 Å². The molecular weight excluding hydrogens is 220 g/mol. The van der Waals surface area contributed by atoms with E-state index < -0.39 is 11.9 Å². The molecule has 0 aliphatic heterocycles. The van der Waals surface area contributed by atoms with Crippen molar-refractivity contribution >= 4 is 11.9 Å². The maximum atomic E-state index is 11.3. The second-order valence-electron chi connectivity index (χ2n) is 4.09. The standard InChI is InChI=1S/C13H16O4/c1-9(2)10-3-5-11(6-4-10)17-13(16)8-7-12(14)15/h3-6,9H,7-8H2,1-2H3,(H,14,15). The highest BCUT2D eigenvalue weighted by Crippen LogP contribution is 2.18. The predicted molar refractivity (Wildman–Crippen MR) is 63.0 cm³/mol. The first kappa shape index (κ1) is 13.2. The van der Waals surface area contributed by atoms with Gasteiger partial charge in [-0.25, -0.2) is 0 Å². The largest absolute Gasteiger partial charge is 0.481 e. The van der Waals surface area contributed by atoms with Gasteiger partial charge in [0.05, 0.1) is 12.8 Å². The second kappa shape index (κ2) is 6.03. The molecule has 0 aromatic heterocycles. The van der Waals surface area contributed by atoms with Crippen molar-refractivity contribution in [3.8, 4) is 5.75 Å². The summed E-state index contributed by atoms with van der Waals surface area (Å²) in [4.78, 5) is 21.5. The third kappa shape index (κ3) is 4.68. The minimum atomic E-state index is -1.00. The summed E-state index contributed by atoms with van der Waals surface area (Å²) in [7, 11) is 0. The van der Waals surface area contributed by atoms with Crippen molar-refractivity contribution in [1.82, 2.24) is 0 Å². The maximum absolute atomic E-state index is 11.3. The molecule has 0 saturated carbocycles. The van der Waals surface area contributed by atoms with E-state index in [4.69, 9.17) is 9.84 Å². The van der Waals surface area contributed by atoms with E-state index in [0.717, 1.165) is 5.56 Å². The van der Waals surface area contributed by atoms with Crippen LogP contribution < -0.4 is 4.74 Å². The smallest absolute Gasteiger partial charge is 0.311 e. The van der Waals surface area contributed by atoms with E-state index >= 15 is 0 Å². The van der Waals surface area contributed by atoms with Gasteiger partial charge in [0.25, 0.3) is 0 Å². The number of hydrogen-bond donors (Lipinski definition) is 1. The van der Waals surface area contributed by atoms with Crippen LogP contribution in [0.25, 0.3) is 0 Å². The van der Waals surface area contributed by atoms with Crippen LogP contribution in [-0.2, 0) is 9.59 Å². The average molecular weight is 236 g/mol. The fraction of sp³-hybridized carbons (Fsp3) is 0.385. The average Bonchev–Trinajstić information content (AvgIpc) is 2.27. The van der Waals surface area contributed by atoms with E-state index in [9.17, 15) is 9.59 Å². The lowest BCUT2D eigenvalue weighted by molar-refractivity contribution is -0.142. The molecule has 1 N–H and O–H groups in total. The van der Waals surface area contributed by atoms with Gasteiger partial charge in [-0.05, 0) is 23.6 Å². The van der Waals surface area contributed by atoms with Gasteiger partial charge in [-0.1, -0.05) is 26.0 Å². The summed E-state index contributed by atoms with van der Waals surface area (Å²) in [6.45, 7) is 4.15. The molecule has 4 nitrogen and oxygen atoms in total. The summed E-state index contributed by atoms with van der Waals surface area (Å²) in [5, 5.41) is 8.42. The summed E-state index contributed by atoms with van der Waals surface area (Å²) >= 11 is 0. The van der Waals surface area contributed by atoms with Gasteiger partial charge in [0.1, 0.15) is 5.75 Å². The molecule has 0 spiro atoms. The molecule has 0 saturated heterocycles. The predicted octanol–water partition coefficient (Wildman–Crippen LogP) is 2.58. The molecule has 0 fully saturated rings. The summed E-state index contributed by atoms with van der Waals surface area (Å²) in [5.41, 5.74) is 1.16. The van der Waals surface area contributed by atoms with Crippen LogP contribution in [0.15, 0.2) is 24.3 Å². The number of aliphatic carboxylic acids is 1. The molecule has 0 aliphatic carbocycles. The zero-order chi connectivity index (χ0) is 12.8. The Kier molecular flexibility index (Phi) is 4.69. The van der Waals surface area contributed by atoms with Crippen LogP contribution in [0.3, 0.4) is 0 Å². The highest BCUT2D eigenvalue weighted by atomic mass is 16.5. The van der Waals surface area contributed by atoms with Crippen LogP contribution in [0.5, 0.6) is 5.75 Å². The Hall–Kier alpha value is -1.84. The Balaban J connectivity index is 2.51. The number of benzene rings is 1. The number of carboxylic acid groups (broad SMARTS) is 1. The zero-order valence-corrected chi connectivity index (χ0v) is 9.97. The first-order valence-corrected chi connectivity index (χ1v) is 5.51. The van der Waals surface area contributed by atoms with Gasteiger partial charge in [-0.15, -0.1) is 0 Å². The topological polar surface area (TPSA) is 63.6 Å². The van der Waals surface area contributed by atoms with Crippen LogP contribution in [0.2, 0.25) is 0 Å². The molecule has 0 bridgehead atoms. The monoisotopic (exact) mass is 236 g/mol. The Morgan fingerprint density at radius 1 is 1.18 bits per heavy atom. The minimum absolute atomic E-state index is 0.110. The van der Waals surface area contributed by atoms with Crippen LogP contribution in [0.4, 0.5) is 0 Å². The van der Waals surface area contributed by atoms with Crippen molar-refractivity contribution in [3.63, 3.8) is 0 Å². The first-order chi connectivity index (χ1) is 7.99. The third-order valence-corrected chi connectivity index (χ3v) is 2.32. The van der Waals surface area contributed by atoms with Crippen molar-refractivity contribution < 1.29 is 19.4 Å². The van der Waals surface area contributed by atoms with E-state index in [1.165, 1.54) is 0 Å². The van der Waals surface area contributed by atoms with E-state index in [2.05, 4.69) is 13.8 Å². The van der Waals surface area contributed by atoms with E-state index in [-0.39, 0.29) is 12.8 Å². The number of esters is 1. The van der Waals surface area contributed by atoms with Gasteiger partial charge in [-0.2, -0.15) is 0 Å². The SMILES string of the molecule is CC(C)c1ccc(OC(=O)CCC(=O)O)cc1. The Labute approximate surface area is 100 Å². The van der Waals surface area contributed by atoms with E-state index in [1.807, 2.05) is 12.1 Å². The Bertz CT molecular complexity index is 392. The molecule has 0 amide bonds. The second-order valence-corrected chi connectivity index (χ2v) is 4.09. The lowest BCUT2D eigenvalue weighted by Crippen LogP contribution is -2.10. The molecule has 17 heavy (non-hydrogen) atoms. The lowest BCUT2D eigenvalue weighted by atomic mass is 10.0. The highest BCUT2D eigenvalue weighted by Gasteiger charge is 2.08. The molecule has 1 rings (SSSR count). The van der Waals surface area contributed by atoms with Gasteiger partial charge >= 0.3 is 11.9 Å². The molecule has 1 aromatic rings. The molecule has 4 heteroatoms. The van der Waals surface area contributed by atoms with Crippen molar-refractivity contribution in [2.75, 3.05) is 0 Å². The molecule has 0 heterocycles. The fourth-order valence-corrected chi connectivity index (χ4v) is 1.31. The van der Waals surface area contributed by atoms with Crippen LogP contribution in [0.1, 0.15) is 38.2 Å². The van der Waals surface area contributed by atoms with Gasteiger partial charge in [0, 0.05) is 0 Å². The van der Waals surface area contributed by atoms with Crippen molar-refractivity contribution in [2.45, 2.75) is 32.6 Å². The Morgan fingerprint density at radius 3 is 2.24 bits per heavy atom. The zero-order valence-electron chi connectivity index (χ0n) is 9.97. The number of ether oxygens (including phenoxy) is 1. The van der Waals surface area contributed by atoms with E-state index in [0.29, 0.717) is 11.7 Å². The van der Waals surface area contributed by atoms with Crippen LogP contribution in [0, 0.1) is 0 Å². The Morgan fingerprint density at radius 2 is 1.76 bits per heavy atom. The van der Waals surface area contributed by atoms with Crippen molar-refractivity contribution in [1.29, 1.82) is 0 Å². The molecule has 1 aromatic carbocycles. The first-order valence-electron chi connectivity index (χ1n) is 5.51. The van der Waals surface area contributed by atoms with Crippen molar-refractivity contribution in [2.24, 2.45) is 0 Å². The quantitative estimate of drug-likeness (QED) is 0.630. The van der Waals surface area contributed by atoms with Crippen molar-refractivity contribution in [3.05, 3.63) is 29.8 Å². The molecule has 0 aliphatic rings. The molecule has 92 valence electrons. The molecule has 0 radical (unpaired) electrons. The van der Waals surface area contributed by atoms with Crippen LogP contribution in [-0.4, -0.2) is 17.0 Å². The number of carbonyl (C=O) groups excluding carboxylic acids is 1. The normalized spacial score (nSPS) is 10.3. The van der Waals surface area contributed by atoms with Gasteiger partial charge in [0.15, 0.2) is 0 Å². The molecule has 0 atom stereocenters. The fourth-order valence-electron chi connectivity index (χ4n) is 1.31. The summed E-state index contributed by atoms with van der Waals surface area (Å²) < 4.78 is 5.00. The maximum Gasteiger partial charge on any atom is 0.311 e. The minimum Gasteiger partial charge on any atom is -0.481 e. The molecule has 0 unspecified atom stereocenters. The number of hydrogen-bond acceptors (Lipinski definition) is 3. The summed E-state index contributed by atoms with van der Waals surface area (Å²) in [6.07, 6.45) is -0.315. The third-order valence-electron chi connectivity index (χ3n) is 2.32. The van der Waals surface area contributed by atoms with Gasteiger partial charge in [-0.3, -0.25) is 9.59 Å². The van der Waals surface area contributed by atoms with Gasteiger partial charge in [0.2, 0.25) is 0 Å². The number of rotatable bonds is 5. The van der Waals surface area contributed by atoms with E-state index in [1.54, 1.807) is 12.1 Å². The number of carboxylic acids is 1. The highest BCUT2D eigenvalue weighted by molar-refractivity contribution is 5.78. The lowest BCUT2D eigenvalue weighted by Gasteiger charge is -2.07. The summed E-state index contributed by atoms with van der Waals surface area (Å²) in [5.74, 6) is -0.654. The summed E-state index contributed by atoms with van der Waals surface area (Å²) in [6, 6.07) is 7.22. The molecular formula is C13H16O4.